The van der Waals surface area contributed by atoms with Crippen LogP contribution in [0.4, 0.5) is 5.69 Å². The predicted octanol–water partition coefficient (Wildman–Crippen LogP) is 3.75. The first-order valence-corrected chi connectivity index (χ1v) is 7.62. The van der Waals surface area contributed by atoms with Gasteiger partial charge in [-0.2, -0.15) is 0 Å². The molecule has 0 heterocycles. The van der Waals surface area contributed by atoms with E-state index in [1.165, 1.54) is 44.1 Å². The van der Waals surface area contributed by atoms with Crippen molar-refractivity contribution in [2.24, 2.45) is 17.8 Å². The van der Waals surface area contributed by atoms with Crippen molar-refractivity contribution in [3.63, 3.8) is 0 Å². The van der Waals surface area contributed by atoms with Crippen LogP contribution in [0.15, 0.2) is 18.2 Å². The molecule has 4 saturated carbocycles. The highest BCUT2D eigenvalue weighted by molar-refractivity contribution is 5.51. The summed E-state index contributed by atoms with van der Waals surface area (Å²) in [5.74, 6) is 3.92. The van der Waals surface area contributed by atoms with E-state index in [1.54, 1.807) is 7.11 Å². The molecule has 0 amide bonds. The Hall–Kier alpha value is -1.18. The number of hydrogen-bond acceptors (Lipinski definition) is 2. The topological polar surface area (TPSA) is 35.2 Å². The molecular formula is C17H23NO. The first-order valence-electron chi connectivity index (χ1n) is 7.62. The zero-order valence-corrected chi connectivity index (χ0v) is 11.7. The number of benzene rings is 1. The van der Waals surface area contributed by atoms with Crippen LogP contribution < -0.4 is 10.5 Å². The summed E-state index contributed by atoms with van der Waals surface area (Å²) >= 11 is 0. The number of ether oxygens (including phenoxy) is 1. The predicted molar refractivity (Wildman–Crippen MR) is 77.3 cm³/mol. The minimum absolute atomic E-state index is 0.371. The molecule has 1 aromatic rings. The zero-order chi connectivity index (χ0) is 13.0. The summed E-state index contributed by atoms with van der Waals surface area (Å²) in [6, 6.07) is 6.21. The third kappa shape index (κ3) is 1.69. The van der Waals surface area contributed by atoms with Gasteiger partial charge in [0.15, 0.2) is 0 Å². The molecule has 19 heavy (non-hydrogen) atoms. The molecular weight excluding hydrogens is 234 g/mol. The Morgan fingerprint density at radius 3 is 2.16 bits per heavy atom. The molecule has 4 aliphatic carbocycles. The van der Waals surface area contributed by atoms with E-state index in [9.17, 15) is 0 Å². The molecule has 0 aromatic heterocycles. The molecule has 4 bridgehead atoms. The van der Waals surface area contributed by atoms with Crippen molar-refractivity contribution in [2.45, 2.75) is 43.9 Å². The van der Waals surface area contributed by atoms with Crippen LogP contribution in [0.1, 0.15) is 44.1 Å². The molecule has 0 saturated heterocycles. The fourth-order valence-corrected chi connectivity index (χ4v) is 5.58. The van der Waals surface area contributed by atoms with Gasteiger partial charge in [-0.25, -0.2) is 0 Å². The molecule has 4 aliphatic rings. The highest BCUT2D eigenvalue weighted by atomic mass is 16.5. The quantitative estimate of drug-likeness (QED) is 0.819. The van der Waals surface area contributed by atoms with Gasteiger partial charge in [0.2, 0.25) is 0 Å². The van der Waals surface area contributed by atoms with E-state index in [4.69, 9.17) is 10.5 Å². The second-order valence-electron chi connectivity index (χ2n) is 7.16. The van der Waals surface area contributed by atoms with Crippen molar-refractivity contribution < 1.29 is 4.74 Å². The van der Waals surface area contributed by atoms with E-state index < -0.39 is 0 Å². The number of nitrogen functional groups attached to an aromatic ring is 1. The van der Waals surface area contributed by atoms with Crippen LogP contribution in [0.25, 0.3) is 0 Å². The molecule has 0 aliphatic heterocycles. The van der Waals surface area contributed by atoms with E-state index in [2.05, 4.69) is 12.1 Å². The van der Waals surface area contributed by atoms with Crippen molar-refractivity contribution in [3.8, 4) is 5.75 Å². The van der Waals surface area contributed by atoms with Crippen LogP contribution >= 0.6 is 0 Å². The maximum atomic E-state index is 6.05. The summed E-state index contributed by atoms with van der Waals surface area (Å²) in [4.78, 5) is 0. The van der Waals surface area contributed by atoms with E-state index in [1.807, 2.05) is 6.07 Å². The van der Waals surface area contributed by atoms with E-state index in [0.29, 0.717) is 5.41 Å². The van der Waals surface area contributed by atoms with Crippen molar-refractivity contribution in [1.29, 1.82) is 0 Å². The summed E-state index contributed by atoms with van der Waals surface area (Å²) in [5.41, 5.74) is 8.69. The fraction of sp³-hybridized carbons (Fsp3) is 0.647. The van der Waals surface area contributed by atoms with Crippen LogP contribution in [0.2, 0.25) is 0 Å². The average molecular weight is 257 g/mol. The van der Waals surface area contributed by atoms with E-state index in [-0.39, 0.29) is 0 Å². The largest absolute Gasteiger partial charge is 0.496 e. The van der Waals surface area contributed by atoms with Gasteiger partial charge < -0.3 is 10.5 Å². The lowest BCUT2D eigenvalue weighted by atomic mass is 9.48. The molecule has 102 valence electrons. The molecule has 4 fully saturated rings. The standard InChI is InChI=1S/C17H23NO/c1-19-16-3-2-14(18)7-15(16)17-8-11-4-12(9-17)6-13(5-11)10-17/h2-3,7,11-13H,4-6,8-10,18H2,1H3. The Kier molecular flexibility index (Phi) is 2.39. The number of methoxy groups -OCH3 is 1. The lowest BCUT2D eigenvalue weighted by molar-refractivity contribution is -0.00612. The van der Waals surface area contributed by atoms with Crippen molar-refractivity contribution in [3.05, 3.63) is 23.8 Å². The highest BCUT2D eigenvalue weighted by Gasteiger charge is 2.52. The second-order valence-corrected chi connectivity index (χ2v) is 7.16. The van der Waals surface area contributed by atoms with Gasteiger partial charge in [-0.15, -0.1) is 0 Å². The van der Waals surface area contributed by atoms with Gasteiger partial charge in [0.05, 0.1) is 7.11 Å². The maximum Gasteiger partial charge on any atom is 0.122 e. The first-order chi connectivity index (χ1) is 9.18. The monoisotopic (exact) mass is 257 g/mol. The fourth-order valence-electron chi connectivity index (χ4n) is 5.58. The summed E-state index contributed by atoms with van der Waals surface area (Å²) in [5, 5.41) is 0. The highest BCUT2D eigenvalue weighted by Crippen LogP contribution is 2.61. The van der Waals surface area contributed by atoms with Gasteiger partial charge in [0.25, 0.3) is 0 Å². The minimum Gasteiger partial charge on any atom is -0.496 e. The molecule has 0 radical (unpaired) electrons. The number of nitrogens with two attached hydrogens (primary N) is 1. The molecule has 2 heteroatoms. The van der Waals surface area contributed by atoms with Crippen LogP contribution in [-0.4, -0.2) is 7.11 Å². The van der Waals surface area contributed by atoms with Crippen molar-refractivity contribution >= 4 is 5.69 Å². The summed E-state index contributed by atoms with van der Waals surface area (Å²) in [6.07, 6.45) is 8.51. The Morgan fingerprint density at radius 2 is 1.63 bits per heavy atom. The Bertz CT molecular complexity index is 473. The molecule has 0 atom stereocenters. The third-order valence-corrected chi connectivity index (χ3v) is 5.83. The average Bonchev–Trinajstić information content (AvgIpc) is 2.37. The van der Waals surface area contributed by atoms with Gasteiger partial charge in [0.1, 0.15) is 5.75 Å². The third-order valence-electron chi connectivity index (χ3n) is 5.83. The van der Waals surface area contributed by atoms with Crippen LogP contribution in [0.5, 0.6) is 5.75 Å². The lowest BCUT2D eigenvalue weighted by Crippen LogP contribution is -2.48. The zero-order valence-electron chi connectivity index (χ0n) is 11.7. The first kappa shape index (κ1) is 11.6. The maximum absolute atomic E-state index is 6.05. The van der Waals surface area contributed by atoms with Crippen LogP contribution in [0, 0.1) is 17.8 Å². The normalized spacial score (nSPS) is 39.5. The van der Waals surface area contributed by atoms with Gasteiger partial charge in [-0.05, 0) is 79.9 Å². The molecule has 0 unspecified atom stereocenters. The van der Waals surface area contributed by atoms with Gasteiger partial charge in [-0.3, -0.25) is 0 Å². The van der Waals surface area contributed by atoms with Gasteiger partial charge in [0, 0.05) is 11.3 Å². The SMILES string of the molecule is COc1ccc(N)cc1C12CC3CC(CC(C3)C1)C2. The second kappa shape index (κ2) is 3.91. The Balaban J connectivity index is 1.81. The Morgan fingerprint density at radius 1 is 1.05 bits per heavy atom. The van der Waals surface area contributed by atoms with E-state index >= 15 is 0 Å². The molecule has 2 nitrogen and oxygen atoms in total. The lowest BCUT2D eigenvalue weighted by Gasteiger charge is -2.57. The van der Waals surface area contributed by atoms with Crippen molar-refractivity contribution in [2.75, 3.05) is 12.8 Å². The van der Waals surface area contributed by atoms with E-state index in [0.717, 1.165) is 29.2 Å². The molecule has 5 rings (SSSR count). The minimum atomic E-state index is 0.371. The molecule has 2 N–H and O–H groups in total. The number of rotatable bonds is 2. The van der Waals surface area contributed by atoms with Crippen molar-refractivity contribution in [1.82, 2.24) is 0 Å². The Labute approximate surface area is 115 Å². The number of anilines is 1. The smallest absolute Gasteiger partial charge is 0.122 e. The summed E-state index contributed by atoms with van der Waals surface area (Å²) in [7, 11) is 1.79. The summed E-state index contributed by atoms with van der Waals surface area (Å²) in [6.45, 7) is 0. The molecule has 0 spiro atoms. The van der Waals surface area contributed by atoms with Gasteiger partial charge in [-0.1, -0.05) is 0 Å². The molecule has 1 aromatic carbocycles. The summed E-state index contributed by atoms with van der Waals surface area (Å²) < 4.78 is 5.63. The van der Waals surface area contributed by atoms with Crippen LogP contribution in [0.3, 0.4) is 0 Å². The van der Waals surface area contributed by atoms with Crippen LogP contribution in [-0.2, 0) is 5.41 Å². The van der Waals surface area contributed by atoms with Gasteiger partial charge >= 0.3 is 0 Å². The number of hydrogen-bond donors (Lipinski definition) is 1.